The fourth-order valence-electron chi connectivity index (χ4n) is 15.1. The second-order valence-corrected chi connectivity index (χ2v) is 63.0. The van der Waals surface area contributed by atoms with E-state index in [1.807, 2.05) is 36.6 Å². The zero-order chi connectivity index (χ0) is 110. The van der Waals surface area contributed by atoms with E-state index in [2.05, 4.69) is 102 Å². The van der Waals surface area contributed by atoms with Crippen LogP contribution in [0.2, 0.25) is 0 Å². The summed E-state index contributed by atoms with van der Waals surface area (Å²) in [7, 11) is 2.54. The summed E-state index contributed by atoms with van der Waals surface area (Å²) >= 11 is 10.4. The number of carbonyl (C=O) groups excluding carboxylic acids is 5. The molecule has 10 heterocycles. The summed E-state index contributed by atoms with van der Waals surface area (Å²) in [5.74, 6) is -5.80. The predicted molar refractivity (Wildman–Crippen MR) is 550 cm³/mol. The Morgan fingerprint density at radius 2 is 0.641 bits per heavy atom. The van der Waals surface area contributed by atoms with Crippen LogP contribution in [0.15, 0.2) is 69.3 Å². The number of amides is 2. The third-order valence-electron chi connectivity index (χ3n) is 22.7. The standard InChI is InChI=1S/C22H33F3N3O8P.C17H25F3N3O6P.2C17H28N3O5PS.C15H26N3O5P/c1-21(2,3)36-14(29)11-27(19(33)22(23,24)25)9-12-10-28(20(34)26-17(12)32)18-16(31)15(30)13(35-18)7-8-37(4,5)6;1-22(15(27)17(18,19)20)7-9-8-23(16(28)21-13(9)26)14-12(25)11(24)10(29-14)5-6-30(2,3)4;2*1-10(21)7-18-8-11-9-20(17(27)19-15(11)24)16-14(23)13(22)12(25-16)5-6-26(2,3)4;1-16-7-9-8-18(15(22)17-13(9)21)14-12(20)11(19)10(23-14)5-6-24(2,3)4/h10,13,15-16,18,30-31H,4,7-9,11H2,1-3,5-6H3,(H,26,32,34);8,10-12,14,24-25H,2,5-7H2,1,3-4H3,(H,21,26,28);2*9,12-14,16,18,22-23H,2,5-8H2,1,3-4H3,(H,19,24,27);8,10-12,14,16,19-20H,2,5-7H2,1,3-4H3,(H,17,21,22)/t13-,15-,16-,18-;10-,11-,12-,14-;2*12-,13-,14-,16-;10-,11-,12-,14-/m11111/s1. The number of halogens is 6. The lowest BCUT2D eigenvalue weighted by atomic mass is 10.1. The van der Waals surface area contributed by atoms with Crippen molar-refractivity contribution >= 4 is 120 Å². The van der Waals surface area contributed by atoms with E-state index in [0.717, 1.165) is 51.6 Å². The smallest absolute Gasteiger partial charge is 0.459 e. The molecule has 0 saturated carbocycles. The van der Waals surface area contributed by atoms with Gasteiger partial charge in [-0.05, 0) is 196 Å². The van der Waals surface area contributed by atoms with Gasteiger partial charge in [-0.25, -0.2) is 14.4 Å². The van der Waals surface area contributed by atoms with E-state index in [0.29, 0.717) is 61.1 Å². The first-order valence-corrected chi connectivity index (χ1v) is 61.6. The Bertz CT molecular complexity index is 6130. The molecule has 5 saturated heterocycles. The highest BCUT2D eigenvalue weighted by Crippen LogP contribution is 2.45. The molecule has 0 unspecified atom stereocenters. The molecule has 145 heavy (non-hydrogen) atoms. The van der Waals surface area contributed by atoms with Gasteiger partial charge in [-0.3, -0.25) is 95.7 Å². The molecule has 5 aromatic heterocycles. The zero-order valence-electron chi connectivity index (χ0n) is 83.9. The van der Waals surface area contributed by atoms with Gasteiger partial charge in [0.1, 0.15) is 84.8 Å². The van der Waals surface area contributed by atoms with E-state index in [1.54, 1.807) is 7.05 Å². The van der Waals surface area contributed by atoms with E-state index in [-0.39, 0.29) is 80.3 Å². The van der Waals surface area contributed by atoms with Crippen molar-refractivity contribution in [3.05, 3.63) is 152 Å². The molecule has 44 nitrogen and oxygen atoms in total. The van der Waals surface area contributed by atoms with Crippen LogP contribution in [0.1, 0.15) is 126 Å². The molecule has 0 bridgehead atoms. The van der Waals surface area contributed by atoms with Crippen molar-refractivity contribution in [2.45, 2.75) is 240 Å². The Kier molecular flexibility index (Phi) is 45.5. The Morgan fingerprint density at radius 3 is 0.897 bits per heavy atom. The van der Waals surface area contributed by atoms with Crippen molar-refractivity contribution in [3.63, 3.8) is 0 Å². The second kappa shape index (κ2) is 52.4. The van der Waals surface area contributed by atoms with Crippen LogP contribution >= 0.6 is 58.9 Å². The first kappa shape index (κ1) is 126. The lowest BCUT2D eigenvalue weighted by Gasteiger charge is -2.26. The number of rotatable bonds is 36. The number of aromatic nitrogens is 10. The summed E-state index contributed by atoms with van der Waals surface area (Å²) in [4.78, 5) is 166. The molecule has 5 aliphatic heterocycles. The maximum absolute atomic E-state index is 13.2. The molecular formula is C88H140F6N15O29P5S2. The summed E-state index contributed by atoms with van der Waals surface area (Å²) in [6, 6.07) is 0. The number of hydrogen-bond donors (Lipinski definition) is 18. The number of aromatic amines is 5. The highest BCUT2D eigenvalue weighted by molar-refractivity contribution is 7.73. The third kappa shape index (κ3) is 38.0. The Morgan fingerprint density at radius 1 is 0.400 bits per heavy atom. The van der Waals surface area contributed by atoms with Crippen molar-refractivity contribution in [1.29, 1.82) is 0 Å². The number of ether oxygens (including phenoxy) is 6. The van der Waals surface area contributed by atoms with Gasteiger partial charge in [-0.2, -0.15) is 26.3 Å². The minimum absolute atomic E-state index is 0.0455. The van der Waals surface area contributed by atoms with Crippen LogP contribution in [0, 0.1) is 9.54 Å². The van der Waals surface area contributed by atoms with E-state index in [9.17, 15) is 140 Å². The number of H-pyrrole nitrogens is 5. The van der Waals surface area contributed by atoms with Crippen molar-refractivity contribution in [2.24, 2.45) is 0 Å². The third-order valence-corrected chi connectivity index (χ3v) is 30.7. The van der Waals surface area contributed by atoms with Gasteiger partial charge in [-0.15, -0.1) is 65.9 Å². The van der Waals surface area contributed by atoms with E-state index in [1.165, 1.54) is 62.3 Å². The van der Waals surface area contributed by atoms with Crippen LogP contribution in [-0.2, 0) is 85.1 Å². The fourth-order valence-corrected chi connectivity index (χ4v) is 20.4. The van der Waals surface area contributed by atoms with Crippen LogP contribution in [0.4, 0.5) is 26.3 Å². The van der Waals surface area contributed by atoms with Crippen molar-refractivity contribution < 1.29 is 130 Å². The average molecular weight is 2210 g/mol. The molecule has 5 fully saturated rings. The number of Topliss-reactive ketones (excluding diaryl/α,β-unsaturated/α-hetero) is 2. The molecular weight excluding hydrogens is 2060 g/mol. The molecule has 2 amide bonds. The monoisotopic (exact) mass is 2200 g/mol. The fraction of sp³-hybridized carbons (Fsp3) is 0.659. The summed E-state index contributed by atoms with van der Waals surface area (Å²) in [5, 5.41) is 112. The molecule has 0 radical (unpaired) electrons. The quantitative estimate of drug-likeness (QED) is 0.0107. The lowest BCUT2D eigenvalue weighted by Crippen LogP contribution is -2.46. The maximum Gasteiger partial charge on any atom is 0.471 e. The molecule has 57 heteroatoms. The normalized spacial score (nSPS) is 25.0. The maximum atomic E-state index is 13.2. The second-order valence-electron chi connectivity index (χ2n) is 40.6. The summed E-state index contributed by atoms with van der Waals surface area (Å²) in [6.45, 7) is 19.0. The summed E-state index contributed by atoms with van der Waals surface area (Å²) in [5.41, 5.74) is -6.87. The van der Waals surface area contributed by atoms with Crippen LogP contribution in [0.3, 0.4) is 0 Å². The van der Waals surface area contributed by atoms with Gasteiger partial charge in [0.25, 0.3) is 27.8 Å². The Balaban J connectivity index is 0.000000279. The number of nitrogens with zero attached hydrogens (tertiary/aromatic N) is 7. The number of nitrogens with one attached hydrogen (secondary N) is 8. The molecule has 820 valence electrons. The molecule has 5 aromatic rings. The van der Waals surface area contributed by atoms with Gasteiger partial charge >= 0.3 is 47.2 Å². The van der Waals surface area contributed by atoms with Crippen LogP contribution in [-0.4, -0.2) is 410 Å². The number of alkyl halides is 6. The predicted octanol–water partition coefficient (Wildman–Crippen LogP) is -0.156. The number of aliphatic hydroxyl groups is 10. The van der Waals surface area contributed by atoms with Crippen LogP contribution in [0.25, 0.3) is 0 Å². The van der Waals surface area contributed by atoms with Crippen LogP contribution in [0.5, 0.6) is 0 Å². The van der Waals surface area contributed by atoms with Gasteiger partial charge in [0, 0.05) is 74.4 Å². The molecule has 0 aromatic carbocycles. The topological polar surface area (TPSA) is 626 Å². The SMILES string of the molecule is C=P(C)(C)CC[C@H]1O[C@@H](n2cc(CN(C)C(=O)C(F)(F)F)c(=O)[nH]c2=O)[C@H](O)[C@@H]1O.C=P(C)(C)CC[C@H]1O[C@@H](n2cc(CN(CC(=O)OC(C)(C)C)C(=O)C(F)(F)F)c(=O)[nH]c2=O)[C@H](O)[C@@H]1O.C=P(C)(C)CC[C@H]1O[C@@H](n2cc(CNC)c(=O)[nH]c2=O)[C@H](O)[C@@H]1O.C=P(C)(C)CC[C@H]1O[C@@H](n2cc(CNCC(C)=O)c(=O)[nH]c2=S)[C@H](O)[C@@H]1O.C=P(C)(C)CC[C@H]1O[C@@H](n2cc(CNCC(C)=O)c(=O)[nH]c2=S)[C@H](O)[C@@H]1O. The molecule has 20 atom stereocenters. The molecule has 18 N–H and O–H groups in total. The zero-order valence-corrected chi connectivity index (χ0v) is 90.0. The van der Waals surface area contributed by atoms with Crippen molar-refractivity contribution in [3.8, 4) is 0 Å². The van der Waals surface area contributed by atoms with Crippen molar-refractivity contribution in [2.75, 3.05) is 131 Å². The average Bonchev–Trinajstić information content (AvgIpc) is 1.68. The molecule has 10 rings (SSSR count). The molecule has 5 aliphatic rings. The minimum Gasteiger partial charge on any atom is -0.459 e. The first-order chi connectivity index (χ1) is 66.4. The van der Waals surface area contributed by atoms with Gasteiger partial charge in [0.15, 0.2) is 40.7 Å². The minimum atomic E-state index is -5.37. The molecule has 0 aliphatic carbocycles. The van der Waals surface area contributed by atoms with Crippen LogP contribution < -0.4 is 60.8 Å². The van der Waals surface area contributed by atoms with Gasteiger partial charge in [-0.1, -0.05) is 0 Å². The summed E-state index contributed by atoms with van der Waals surface area (Å²) < 4.78 is 117. The first-order valence-electron chi connectivity index (χ1n) is 45.6. The number of esters is 1. The van der Waals surface area contributed by atoms with Gasteiger partial charge in [0.2, 0.25) is 0 Å². The highest BCUT2D eigenvalue weighted by Gasteiger charge is 2.51. The van der Waals surface area contributed by atoms with Crippen molar-refractivity contribution in [1.82, 2.24) is 73.5 Å². The Labute approximate surface area is 841 Å². The number of hydrogen-bond acceptors (Lipinski definition) is 34. The number of aliphatic hydroxyl groups excluding tert-OH is 10. The van der Waals surface area contributed by atoms with Gasteiger partial charge in [0.05, 0.1) is 67.8 Å². The summed E-state index contributed by atoms with van der Waals surface area (Å²) in [6.07, 6.45) is 0.810. The van der Waals surface area contributed by atoms with Gasteiger partial charge < -0.3 is 105 Å². The number of ketones is 2. The highest BCUT2D eigenvalue weighted by atomic mass is 32.1. The number of carbonyl (C=O) groups is 5. The van der Waals surface area contributed by atoms with E-state index < -0.39 is 252 Å². The largest absolute Gasteiger partial charge is 0.471 e. The Hall–Kier alpha value is -7.65. The van der Waals surface area contributed by atoms with E-state index in [4.69, 9.17) is 52.9 Å². The molecule has 0 spiro atoms. The lowest BCUT2D eigenvalue weighted by molar-refractivity contribution is -0.188. The van der Waals surface area contributed by atoms with E-state index >= 15 is 0 Å².